The van der Waals surface area contributed by atoms with Gasteiger partial charge in [0.05, 0.1) is 18.4 Å². The van der Waals surface area contributed by atoms with Crippen molar-refractivity contribution in [3.05, 3.63) is 70.7 Å². The zero-order chi connectivity index (χ0) is 15.4. The van der Waals surface area contributed by atoms with Gasteiger partial charge in [-0.1, -0.05) is 21.1 Å². The van der Waals surface area contributed by atoms with E-state index in [9.17, 15) is 4.79 Å². The van der Waals surface area contributed by atoms with Crippen molar-refractivity contribution in [1.82, 2.24) is 25.3 Å². The maximum atomic E-state index is 12.0. The van der Waals surface area contributed by atoms with Crippen LogP contribution in [0.15, 0.2) is 59.5 Å². The molecule has 0 aliphatic rings. The van der Waals surface area contributed by atoms with Gasteiger partial charge in [0.1, 0.15) is 5.69 Å². The minimum absolute atomic E-state index is 0.147. The van der Waals surface area contributed by atoms with Crippen LogP contribution in [0.25, 0.3) is 5.69 Å². The number of carbonyl (C=O) groups is 1. The standard InChI is InChI=1S/C15H12BrN5O/c16-12-3-1-11(2-4-12)15(22)18-9-13-10-21(20-19-13)14-5-7-17-8-6-14/h1-8,10H,9H2,(H,18,22). The van der Waals surface area contributed by atoms with E-state index in [4.69, 9.17) is 0 Å². The minimum atomic E-state index is -0.147. The smallest absolute Gasteiger partial charge is 0.251 e. The van der Waals surface area contributed by atoms with E-state index in [1.54, 1.807) is 35.4 Å². The number of hydrogen-bond donors (Lipinski definition) is 1. The maximum absolute atomic E-state index is 12.0. The van der Waals surface area contributed by atoms with Gasteiger partial charge in [0.15, 0.2) is 0 Å². The molecule has 3 rings (SSSR count). The molecule has 2 aromatic heterocycles. The van der Waals surface area contributed by atoms with Crippen LogP contribution in [-0.2, 0) is 6.54 Å². The molecule has 0 spiro atoms. The van der Waals surface area contributed by atoms with Crippen molar-refractivity contribution < 1.29 is 4.79 Å². The first-order chi connectivity index (χ1) is 10.7. The molecule has 0 radical (unpaired) electrons. The number of pyridine rings is 1. The number of rotatable bonds is 4. The van der Waals surface area contributed by atoms with E-state index < -0.39 is 0 Å². The Kier molecular flexibility index (Phi) is 4.24. The average Bonchev–Trinajstić information content (AvgIpc) is 3.03. The lowest BCUT2D eigenvalue weighted by Crippen LogP contribution is -2.22. The first kappa shape index (κ1) is 14.4. The van der Waals surface area contributed by atoms with Gasteiger partial charge in [-0.2, -0.15) is 0 Å². The summed E-state index contributed by atoms with van der Waals surface area (Å²) in [4.78, 5) is 16.0. The van der Waals surface area contributed by atoms with Gasteiger partial charge in [0.25, 0.3) is 5.91 Å². The Morgan fingerprint density at radius 2 is 1.86 bits per heavy atom. The van der Waals surface area contributed by atoms with Crippen LogP contribution in [0.2, 0.25) is 0 Å². The topological polar surface area (TPSA) is 72.7 Å². The summed E-state index contributed by atoms with van der Waals surface area (Å²) in [5.74, 6) is -0.147. The van der Waals surface area contributed by atoms with Gasteiger partial charge in [0, 0.05) is 22.4 Å². The molecule has 0 saturated heterocycles. The van der Waals surface area contributed by atoms with Crippen molar-refractivity contribution in [2.75, 3.05) is 0 Å². The summed E-state index contributed by atoms with van der Waals surface area (Å²) in [5.41, 5.74) is 2.15. The van der Waals surface area contributed by atoms with Gasteiger partial charge < -0.3 is 5.32 Å². The fourth-order valence-electron chi connectivity index (χ4n) is 1.88. The molecule has 1 aromatic carbocycles. The first-order valence-electron chi connectivity index (χ1n) is 6.58. The van der Waals surface area contributed by atoms with Crippen LogP contribution in [0.4, 0.5) is 0 Å². The fraction of sp³-hybridized carbons (Fsp3) is 0.0667. The molecule has 110 valence electrons. The summed E-state index contributed by atoms with van der Waals surface area (Å²) >= 11 is 3.34. The van der Waals surface area contributed by atoms with Crippen molar-refractivity contribution in [2.45, 2.75) is 6.54 Å². The number of amides is 1. The highest BCUT2D eigenvalue weighted by Crippen LogP contribution is 2.10. The maximum Gasteiger partial charge on any atom is 0.251 e. The molecule has 0 atom stereocenters. The minimum Gasteiger partial charge on any atom is -0.346 e. The second kappa shape index (κ2) is 6.48. The first-order valence-corrected chi connectivity index (χ1v) is 7.37. The van der Waals surface area contributed by atoms with Gasteiger partial charge in [-0.15, -0.1) is 5.10 Å². The Hall–Kier alpha value is -2.54. The molecular weight excluding hydrogens is 346 g/mol. The summed E-state index contributed by atoms with van der Waals surface area (Å²) in [6.07, 6.45) is 5.15. The quantitative estimate of drug-likeness (QED) is 0.777. The monoisotopic (exact) mass is 357 g/mol. The summed E-state index contributed by atoms with van der Waals surface area (Å²) in [6.45, 7) is 0.319. The highest BCUT2D eigenvalue weighted by atomic mass is 79.9. The summed E-state index contributed by atoms with van der Waals surface area (Å²) in [7, 11) is 0. The molecule has 22 heavy (non-hydrogen) atoms. The number of nitrogens with one attached hydrogen (secondary N) is 1. The van der Waals surface area contributed by atoms with Crippen LogP contribution in [0.5, 0.6) is 0 Å². The van der Waals surface area contributed by atoms with Crippen molar-refractivity contribution in [3.8, 4) is 5.69 Å². The molecule has 0 aliphatic carbocycles. The molecule has 7 heteroatoms. The van der Waals surface area contributed by atoms with Crippen molar-refractivity contribution in [2.24, 2.45) is 0 Å². The van der Waals surface area contributed by atoms with Gasteiger partial charge in [-0.05, 0) is 36.4 Å². The molecule has 0 fully saturated rings. The number of hydrogen-bond acceptors (Lipinski definition) is 4. The number of carbonyl (C=O) groups excluding carboxylic acids is 1. The molecule has 1 N–H and O–H groups in total. The third-order valence-corrected chi connectivity index (χ3v) is 3.53. The molecule has 2 heterocycles. The molecule has 0 aliphatic heterocycles. The second-order valence-electron chi connectivity index (χ2n) is 4.55. The summed E-state index contributed by atoms with van der Waals surface area (Å²) < 4.78 is 2.58. The Morgan fingerprint density at radius 1 is 1.14 bits per heavy atom. The van der Waals surface area contributed by atoms with E-state index in [0.29, 0.717) is 17.8 Å². The van der Waals surface area contributed by atoms with Gasteiger partial charge in [0.2, 0.25) is 0 Å². The van der Waals surface area contributed by atoms with Crippen molar-refractivity contribution in [1.29, 1.82) is 0 Å². The third-order valence-electron chi connectivity index (χ3n) is 3.00. The van der Waals surface area contributed by atoms with Crippen molar-refractivity contribution >= 4 is 21.8 Å². The number of aromatic nitrogens is 4. The van der Waals surface area contributed by atoms with Crippen LogP contribution >= 0.6 is 15.9 Å². The summed E-state index contributed by atoms with van der Waals surface area (Å²) in [6, 6.07) is 10.8. The molecule has 6 nitrogen and oxygen atoms in total. The zero-order valence-corrected chi connectivity index (χ0v) is 13.1. The Labute approximate surface area is 135 Å². The van der Waals surface area contributed by atoms with E-state index in [1.807, 2.05) is 24.3 Å². The van der Waals surface area contributed by atoms with E-state index in [-0.39, 0.29) is 5.91 Å². The Morgan fingerprint density at radius 3 is 2.59 bits per heavy atom. The van der Waals surface area contributed by atoms with Gasteiger partial charge in [-0.25, -0.2) is 4.68 Å². The van der Waals surface area contributed by atoms with Crippen LogP contribution < -0.4 is 5.32 Å². The zero-order valence-electron chi connectivity index (χ0n) is 11.5. The number of benzene rings is 1. The van der Waals surface area contributed by atoms with Crippen LogP contribution in [0.3, 0.4) is 0 Å². The van der Waals surface area contributed by atoms with Gasteiger partial charge in [-0.3, -0.25) is 9.78 Å². The Balaban J connectivity index is 1.64. The highest BCUT2D eigenvalue weighted by Gasteiger charge is 2.07. The van der Waals surface area contributed by atoms with Crippen LogP contribution in [0, 0.1) is 0 Å². The van der Waals surface area contributed by atoms with E-state index in [0.717, 1.165) is 10.2 Å². The Bertz CT molecular complexity index is 770. The number of nitrogens with zero attached hydrogens (tertiary/aromatic N) is 4. The number of halogens is 1. The lowest BCUT2D eigenvalue weighted by Gasteiger charge is -2.03. The van der Waals surface area contributed by atoms with E-state index >= 15 is 0 Å². The lowest BCUT2D eigenvalue weighted by atomic mass is 10.2. The highest BCUT2D eigenvalue weighted by molar-refractivity contribution is 9.10. The molecule has 0 bridgehead atoms. The molecule has 3 aromatic rings. The predicted molar refractivity (Wildman–Crippen MR) is 84.5 cm³/mol. The molecule has 0 unspecified atom stereocenters. The largest absolute Gasteiger partial charge is 0.346 e. The van der Waals surface area contributed by atoms with Crippen LogP contribution in [0.1, 0.15) is 16.1 Å². The second-order valence-corrected chi connectivity index (χ2v) is 5.47. The molecular formula is C15H12BrN5O. The lowest BCUT2D eigenvalue weighted by molar-refractivity contribution is 0.0950. The fourth-order valence-corrected chi connectivity index (χ4v) is 2.14. The summed E-state index contributed by atoms with van der Waals surface area (Å²) in [5, 5.41) is 10.9. The third kappa shape index (κ3) is 3.37. The molecule has 0 saturated carbocycles. The van der Waals surface area contributed by atoms with Gasteiger partial charge >= 0.3 is 0 Å². The SMILES string of the molecule is O=C(NCc1cn(-c2ccncc2)nn1)c1ccc(Br)cc1. The van der Waals surface area contributed by atoms with E-state index in [2.05, 4.69) is 36.5 Å². The predicted octanol–water partition coefficient (Wildman–Crippen LogP) is 2.35. The normalized spacial score (nSPS) is 10.4. The average molecular weight is 358 g/mol. The van der Waals surface area contributed by atoms with E-state index in [1.165, 1.54) is 0 Å². The van der Waals surface area contributed by atoms with Crippen molar-refractivity contribution in [3.63, 3.8) is 0 Å². The molecule has 1 amide bonds. The van der Waals surface area contributed by atoms with Crippen LogP contribution in [-0.4, -0.2) is 25.9 Å².